The van der Waals surface area contributed by atoms with Gasteiger partial charge in [0.25, 0.3) is 5.91 Å². The zero-order valence-corrected chi connectivity index (χ0v) is 27.5. The first kappa shape index (κ1) is 34.2. The highest BCUT2D eigenvalue weighted by Gasteiger charge is 2.22. The van der Waals surface area contributed by atoms with Gasteiger partial charge in [0.05, 0.1) is 11.3 Å². The normalized spacial score (nSPS) is 10.9. The predicted octanol–water partition coefficient (Wildman–Crippen LogP) is 4.34. The first-order valence-electron chi connectivity index (χ1n) is 15.4. The van der Waals surface area contributed by atoms with Crippen molar-refractivity contribution in [1.82, 2.24) is 10.3 Å². The lowest BCUT2D eigenvalue weighted by atomic mass is 10.1. The number of ether oxygens (including phenoxy) is 2. The van der Waals surface area contributed by atoms with E-state index >= 15 is 0 Å². The second-order valence-electron chi connectivity index (χ2n) is 11.7. The van der Waals surface area contributed by atoms with Gasteiger partial charge >= 0.3 is 11.9 Å². The summed E-state index contributed by atoms with van der Waals surface area (Å²) in [6.07, 6.45) is 0. The average molecular weight is 669 g/mol. The first-order chi connectivity index (χ1) is 23.4. The molecule has 0 saturated carbocycles. The van der Waals surface area contributed by atoms with Crippen LogP contribution in [0.15, 0.2) is 75.9 Å². The Kier molecular flexibility index (Phi) is 10.3. The van der Waals surface area contributed by atoms with Crippen LogP contribution >= 0.6 is 0 Å². The Bertz CT molecular complexity index is 2040. The monoisotopic (exact) mass is 668 g/mol. The molecule has 13 heteroatoms. The molecule has 0 unspecified atom stereocenters. The van der Waals surface area contributed by atoms with Crippen LogP contribution in [-0.2, 0) is 16.1 Å². The third-order valence-electron chi connectivity index (χ3n) is 7.62. The smallest absolute Gasteiger partial charge is 0.323 e. The Labute approximate surface area is 281 Å². The Morgan fingerprint density at radius 1 is 0.857 bits per heavy atom. The summed E-state index contributed by atoms with van der Waals surface area (Å²) in [5, 5.41) is 21.7. The van der Waals surface area contributed by atoms with Crippen molar-refractivity contribution in [2.24, 2.45) is 0 Å². The lowest BCUT2D eigenvalue weighted by Gasteiger charge is -2.24. The minimum absolute atomic E-state index is 0.00613. The van der Waals surface area contributed by atoms with Crippen molar-refractivity contribution in [3.05, 3.63) is 99.2 Å². The van der Waals surface area contributed by atoms with Gasteiger partial charge in [-0.05, 0) is 60.9 Å². The number of hydrogen-bond acceptors (Lipinski definition) is 10. The fourth-order valence-electron chi connectivity index (χ4n) is 5.18. The van der Waals surface area contributed by atoms with E-state index < -0.39 is 36.4 Å². The maximum absolute atomic E-state index is 13.4. The molecule has 1 aliphatic heterocycles. The van der Waals surface area contributed by atoms with Crippen molar-refractivity contribution in [2.75, 3.05) is 50.2 Å². The van der Waals surface area contributed by atoms with Gasteiger partial charge in [-0.3, -0.25) is 19.2 Å². The number of amides is 1. The molecule has 254 valence electrons. The number of nitrogens with zero attached hydrogens (tertiary/aromatic N) is 3. The van der Waals surface area contributed by atoms with E-state index in [2.05, 4.69) is 10.3 Å². The molecule has 49 heavy (non-hydrogen) atoms. The number of fused-ring (bicyclic) bond motifs is 2. The van der Waals surface area contributed by atoms with Crippen LogP contribution in [0.4, 0.5) is 11.4 Å². The Morgan fingerprint density at radius 2 is 1.57 bits per heavy atom. The summed E-state index contributed by atoms with van der Waals surface area (Å²) >= 11 is 0. The van der Waals surface area contributed by atoms with Crippen LogP contribution < -0.4 is 30.0 Å². The van der Waals surface area contributed by atoms with E-state index in [0.717, 1.165) is 16.8 Å². The van der Waals surface area contributed by atoms with Crippen molar-refractivity contribution < 1.29 is 38.5 Å². The van der Waals surface area contributed by atoms with Crippen LogP contribution in [0.1, 0.15) is 27.0 Å². The molecular weight excluding hydrogens is 632 g/mol. The molecule has 0 spiro atoms. The third-order valence-corrected chi connectivity index (χ3v) is 7.62. The average Bonchev–Trinajstić information content (AvgIpc) is 3.04. The summed E-state index contributed by atoms with van der Waals surface area (Å²) in [6.45, 7) is 2.92. The molecule has 1 aliphatic carbocycles. The van der Waals surface area contributed by atoms with Gasteiger partial charge in [-0.25, -0.2) is 4.98 Å². The van der Waals surface area contributed by atoms with Crippen molar-refractivity contribution in [2.45, 2.75) is 20.4 Å². The molecule has 0 radical (unpaired) electrons. The number of rotatable bonds is 14. The quantitative estimate of drug-likeness (QED) is 0.113. The number of carboxylic acids is 2. The first-order valence-corrected chi connectivity index (χ1v) is 15.4. The SMILES string of the molecule is Cc1ccc(C)c(OCCOc2cc(CNC(=O)c3cc(=O)cc4oc5cc(N(C)C)ccc5nc3-4)ccc2N(CC(=O)O)CC(=O)O)c1. The Balaban J connectivity index is 1.38. The molecule has 5 rings (SSSR count). The van der Waals surface area contributed by atoms with Crippen LogP contribution in [-0.4, -0.2) is 73.4 Å². The van der Waals surface area contributed by atoms with Gasteiger partial charge in [-0.2, -0.15) is 0 Å². The van der Waals surface area contributed by atoms with Crippen molar-refractivity contribution in [3.63, 3.8) is 0 Å². The van der Waals surface area contributed by atoms with Crippen LogP contribution in [0.2, 0.25) is 0 Å². The molecule has 2 aliphatic rings. The highest BCUT2D eigenvalue weighted by molar-refractivity contribution is 6.00. The highest BCUT2D eigenvalue weighted by Crippen LogP contribution is 2.31. The number of carbonyl (C=O) groups is 3. The van der Waals surface area contributed by atoms with Gasteiger partial charge in [-0.1, -0.05) is 18.2 Å². The molecular formula is C36H36N4O9. The molecule has 1 amide bonds. The van der Waals surface area contributed by atoms with Crippen LogP contribution in [0, 0.1) is 13.8 Å². The van der Waals surface area contributed by atoms with Crippen molar-refractivity contribution in [1.29, 1.82) is 0 Å². The standard InChI is InChI=1S/C36H36N4O9/c1-21-5-6-22(2)29(13-21)47-11-12-48-31-14-23(7-10-28(31)40(19-33(42)43)20-34(44)45)18-37-36(46)26-16-25(41)17-32-35(26)38-27-9-8-24(39(3)4)15-30(27)49-32/h5-10,13-17H,11-12,18-20H2,1-4H3,(H,37,46)(H,42,43)(H,44,45). The van der Waals surface area contributed by atoms with Crippen molar-refractivity contribution >= 4 is 40.3 Å². The number of nitrogens with one attached hydrogen (secondary N) is 1. The summed E-state index contributed by atoms with van der Waals surface area (Å²) < 4.78 is 17.9. The lowest BCUT2D eigenvalue weighted by molar-refractivity contribution is -0.136. The highest BCUT2D eigenvalue weighted by atomic mass is 16.5. The predicted molar refractivity (Wildman–Crippen MR) is 183 cm³/mol. The summed E-state index contributed by atoms with van der Waals surface area (Å²) in [5.41, 5.74) is 4.48. The van der Waals surface area contributed by atoms with E-state index in [-0.39, 0.29) is 48.2 Å². The summed E-state index contributed by atoms with van der Waals surface area (Å²) in [6, 6.07) is 18.5. The second kappa shape index (κ2) is 14.8. The van der Waals surface area contributed by atoms with Gasteiger partial charge in [0.15, 0.2) is 16.8 Å². The zero-order chi connectivity index (χ0) is 35.2. The van der Waals surface area contributed by atoms with Crippen LogP contribution in [0.5, 0.6) is 11.5 Å². The topological polar surface area (TPSA) is 172 Å². The van der Waals surface area contributed by atoms with E-state index in [9.17, 15) is 29.4 Å². The largest absolute Gasteiger partial charge is 0.490 e. The summed E-state index contributed by atoms with van der Waals surface area (Å²) in [7, 11) is 3.78. The fraction of sp³-hybridized carbons (Fsp3) is 0.250. The van der Waals surface area contributed by atoms with Gasteiger partial charge in [0, 0.05) is 44.5 Å². The molecule has 0 fully saturated rings. The number of hydrogen-bond donors (Lipinski definition) is 3. The number of carbonyl (C=O) groups excluding carboxylic acids is 1. The molecule has 1 heterocycles. The maximum Gasteiger partial charge on any atom is 0.323 e. The van der Waals surface area contributed by atoms with E-state index in [1.165, 1.54) is 23.1 Å². The van der Waals surface area contributed by atoms with Gasteiger partial charge < -0.3 is 39.2 Å². The molecule has 0 atom stereocenters. The molecule has 13 nitrogen and oxygen atoms in total. The second-order valence-corrected chi connectivity index (χ2v) is 11.7. The maximum atomic E-state index is 13.4. The summed E-state index contributed by atoms with van der Waals surface area (Å²) in [5.74, 6) is -1.94. The number of aryl methyl sites for hydroxylation is 2. The minimum atomic E-state index is -1.22. The molecule has 3 aromatic rings. The van der Waals surface area contributed by atoms with Gasteiger partial charge in [0.2, 0.25) is 0 Å². The van der Waals surface area contributed by atoms with Crippen LogP contribution in [0.3, 0.4) is 0 Å². The Morgan fingerprint density at radius 3 is 2.27 bits per heavy atom. The number of anilines is 2. The zero-order valence-electron chi connectivity index (χ0n) is 27.5. The molecule has 0 bridgehead atoms. The third kappa shape index (κ3) is 8.44. The van der Waals surface area contributed by atoms with E-state index in [1.807, 2.05) is 57.1 Å². The Hall–Kier alpha value is -6.11. The number of carboxylic acid groups (broad SMARTS) is 2. The number of aliphatic carboxylic acids is 2. The fourth-order valence-corrected chi connectivity index (χ4v) is 5.18. The summed E-state index contributed by atoms with van der Waals surface area (Å²) in [4.78, 5) is 56.8. The minimum Gasteiger partial charge on any atom is -0.490 e. The van der Waals surface area contributed by atoms with E-state index in [1.54, 1.807) is 24.3 Å². The lowest BCUT2D eigenvalue weighted by Crippen LogP contribution is -2.35. The molecule has 3 aromatic carbocycles. The van der Waals surface area contributed by atoms with E-state index in [4.69, 9.17) is 13.9 Å². The number of aromatic nitrogens is 1. The van der Waals surface area contributed by atoms with Gasteiger partial charge in [-0.15, -0.1) is 0 Å². The van der Waals surface area contributed by atoms with Gasteiger partial charge in [0.1, 0.15) is 49.0 Å². The van der Waals surface area contributed by atoms with Crippen molar-refractivity contribution in [3.8, 4) is 23.0 Å². The molecule has 0 aromatic heterocycles. The molecule has 0 saturated heterocycles. The van der Waals surface area contributed by atoms with E-state index in [0.29, 0.717) is 22.4 Å². The molecule has 3 N–H and O–H groups in total. The number of benzene rings is 4. The van der Waals surface area contributed by atoms with Crippen LogP contribution in [0.25, 0.3) is 22.6 Å².